The first-order valence-corrected chi connectivity index (χ1v) is 7.12. The molecule has 0 saturated carbocycles. The van der Waals surface area contributed by atoms with E-state index in [1.165, 1.54) is 17.3 Å². The molecule has 0 fully saturated rings. The van der Waals surface area contributed by atoms with Gasteiger partial charge in [0.05, 0.1) is 4.92 Å². The summed E-state index contributed by atoms with van der Waals surface area (Å²) in [4.78, 5) is 27.7. The fraction of sp³-hybridized carbons (Fsp3) is 0.250. The molecule has 0 aliphatic rings. The SMILES string of the molecule is CN(C)C(=O)c1cccc(CCNc2ccncc2[N+](=O)[O-])c1. The van der Waals surface area contributed by atoms with Gasteiger partial charge in [-0.2, -0.15) is 0 Å². The number of hydrogen-bond acceptors (Lipinski definition) is 5. The Morgan fingerprint density at radius 1 is 1.35 bits per heavy atom. The summed E-state index contributed by atoms with van der Waals surface area (Å²) in [6.45, 7) is 0.518. The van der Waals surface area contributed by atoms with Gasteiger partial charge in [0.15, 0.2) is 0 Å². The topological polar surface area (TPSA) is 88.4 Å². The molecular weight excluding hydrogens is 296 g/mol. The number of nitrogens with zero attached hydrogens (tertiary/aromatic N) is 3. The highest BCUT2D eigenvalue weighted by atomic mass is 16.6. The van der Waals surface area contributed by atoms with Crippen molar-refractivity contribution in [2.45, 2.75) is 6.42 Å². The van der Waals surface area contributed by atoms with Gasteiger partial charge in [0, 0.05) is 32.4 Å². The average Bonchev–Trinajstić information content (AvgIpc) is 2.54. The van der Waals surface area contributed by atoms with E-state index in [9.17, 15) is 14.9 Å². The average molecular weight is 314 g/mol. The molecule has 7 nitrogen and oxygen atoms in total. The van der Waals surface area contributed by atoms with E-state index in [1.54, 1.807) is 26.2 Å². The van der Waals surface area contributed by atoms with E-state index >= 15 is 0 Å². The molecule has 2 aromatic rings. The Hall–Kier alpha value is -2.96. The van der Waals surface area contributed by atoms with Gasteiger partial charge < -0.3 is 10.2 Å². The van der Waals surface area contributed by atoms with Crippen molar-refractivity contribution in [3.63, 3.8) is 0 Å². The summed E-state index contributed by atoms with van der Waals surface area (Å²) in [5.41, 5.74) is 2.00. The Labute approximate surface area is 134 Å². The monoisotopic (exact) mass is 314 g/mol. The molecule has 0 radical (unpaired) electrons. The maximum Gasteiger partial charge on any atom is 0.310 e. The third-order valence-corrected chi connectivity index (χ3v) is 3.31. The van der Waals surface area contributed by atoms with E-state index in [2.05, 4.69) is 10.3 Å². The molecule has 120 valence electrons. The lowest BCUT2D eigenvalue weighted by atomic mass is 10.1. The first-order valence-electron chi connectivity index (χ1n) is 7.12. The van der Waals surface area contributed by atoms with Crippen LogP contribution in [0.3, 0.4) is 0 Å². The van der Waals surface area contributed by atoms with E-state index in [-0.39, 0.29) is 11.6 Å². The molecule has 1 aromatic carbocycles. The Kier molecular flexibility index (Phi) is 5.24. The Balaban J connectivity index is 2.01. The quantitative estimate of drug-likeness (QED) is 0.653. The van der Waals surface area contributed by atoms with Gasteiger partial charge in [0.25, 0.3) is 5.91 Å². The second-order valence-electron chi connectivity index (χ2n) is 5.23. The Morgan fingerprint density at radius 3 is 2.83 bits per heavy atom. The first kappa shape index (κ1) is 16.4. The van der Waals surface area contributed by atoms with E-state index in [1.807, 2.05) is 18.2 Å². The lowest BCUT2D eigenvalue weighted by molar-refractivity contribution is -0.384. The summed E-state index contributed by atoms with van der Waals surface area (Å²) < 4.78 is 0. The van der Waals surface area contributed by atoms with Crippen molar-refractivity contribution in [1.29, 1.82) is 0 Å². The third kappa shape index (κ3) is 4.26. The molecule has 1 aromatic heterocycles. The highest BCUT2D eigenvalue weighted by molar-refractivity contribution is 5.94. The standard InChI is InChI=1S/C16H18N4O3/c1-19(2)16(21)13-5-3-4-12(10-13)6-9-18-14-7-8-17-11-15(14)20(22)23/h3-5,7-8,10-11H,6,9H2,1-2H3,(H,17,18). The predicted molar refractivity (Wildman–Crippen MR) is 87.5 cm³/mol. The summed E-state index contributed by atoms with van der Waals surface area (Å²) in [5.74, 6) is -0.0513. The summed E-state index contributed by atoms with van der Waals surface area (Å²) in [6.07, 6.45) is 3.37. The van der Waals surface area contributed by atoms with Crippen LogP contribution in [0.1, 0.15) is 15.9 Å². The Morgan fingerprint density at radius 2 is 2.13 bits per heavy atom. The molecular formula is C16H18N4O3. The molecule has 0 aliphatic carbocycles. The number of nitrogens with one attached hydrogen (secondary N) is 1. The molecule has 0 unspecified atom stereocenters. The zero-order valence-corrected chi connectivity index (χ0v) is 13.0. The largest absolute Gasteiger partial charge is 0.379 e. The van der Waals surface area contributed by atoms with Crippen LogP contribution in [0, 0.1) is 10.1 Å². The maximum absolute atomic E-state index is 11.9. The second-order valence-corrected chi connectivity index (χ2v) is 5.23. The van der Waals surface area contributed by atoms with Gasteiger partial charge in [0.2, 0.25) is 0 Å². The fourth-order valence-corrected chi connectivity index (χ4v) is 2.14. The van der Waals surface area contributed by atoms with Crippen LogP contribution in [0.4, 0.5) is 11.4 Å². The van der Waals surface area contributed by atoms with Crippen LogP contribution < -0.4 is 5.32 Å². The van der Waals surface area contributed by atoms with Gasteiger partial charge in [-0.05, 0) is 30.2 Å². The minimum atomic E-state index is -0.467. The molecule has 0 spiro atoms. The van der Waals surface area contributed by atoms with E-state index in [4.69, 9.17) is 0 Å². The van der Waals surface area contributed by atoms with Gasteiger partial charge in [-0.1, -0.05) is 12.1 Å². The van der Waals surface area contributed by atoms with Gasteiger partial charge in [0.1, 0.15) is 11.9 Å². The lowest BCUT2D eigenvalue weighted by Crippen LogP contribution is -2.21. The molecule has 2 rings (SSSR count). The molecule has 1 amide bonds. The summed E-state index contributed by atoms with van der Waals surface area (Å²) in [5, 5.41) is 14.0. The molecule has 0 aliphatic heterocycles. The van der Waals surface area contributed by atoms with Crippen LogP contribution in [0.2, 0.25) is 0 Å². The minimum Gasteiger partial charge on any atom is -0.379 e. The minimum absolute atomic E-state index is 0.0513. The number of carbonyl (C=O) groups excluding carboxylic acids is 1. The fourth-order valence-electron chi connectivity index (χ4n) is 2.14. The number of pyridine rings is 1. The molecule has 1 N–H and O–H groups in total. The van der Waals surface area contributed by atoms with E-state index in [0.29, 0.717) is 24.2 Å². The molecule has 23 heavy (non-hydrogen) atoms. The van der Waals surface area contributed by atoms with Crippen LogP contribution in [-0.4, -0.2) is 41.4 Å². The zero-order chi connectivity index (χ0) is 16.8. The predicted octanol–water partition coefficient (Wildman–Crippen LogP) is 2.35. The molecule has 1 heterocycles. The number of anilines is 1. The highest BCUT2D eigenvalue weighted by Gasteiger charge is 2.12. The van der Waals surface area contributed by atoms with E-state index in [0.717, 1.165) is 5.56 Å². The third-order valence-electron chi connectivity index (χ3n) is 3.31. The normalized spacial score (nSPS) is 10.2. The highest BCUT2D eigenvalue weighted by Crippen LogP contribution is 2.21. The summed E-state index contributed by atoms with van der Waals surface area (Å²) in [7, 11) is 3.41. The second kappa shape index (κ2) is 7.35. The first-order chi connectivity index (χ1) is 11.0. The molecule has 0 atom stereocenters. The van der Waals surface area contributed by atoms with Crippen LogP contribution in [-0.2, 0) is 6.42 Å². The van der Waals surface area contributed by atoms with Crippen LogP contribution >= 0.6 is 0 Å². The number of benzene rings is 1. The van der Waals surface area contributed by atoms with Crippen molar-refractivity contribution < 1.29 is 9.72 Å². The van der Waals surface area contributed by atoms with Crippen molar-refractivity contribution in [2.75, 3.05) is 26.0 Å². The van der Waals surface area contributed by atoms with Crippen LogP contribution in [0.25, 0.3) is 0 Å². The molecule has 0 saturated heterocycles. The molecule has 0 bridgehead atoms. The van der Waals surface area contributed by atoms with Crippen molar-refractivity contribution in [2.24, 2.45) is 0 Å². The number of carbonyl (C=O) groups is 1. The number of amides is 1. The van der Waals surface area contributed by atoms with Gasteiger partial charge in [-0.3, -0.25) is 19.9 Å². The lowest BCUT2D eigenvalue weighted by Gasteiger charge is -2.11. The zero-order valence-electron chi connectivity index (χ0n) is 13.0. The van der Waals surface area contributed by atoms with E-state index < -0.39 is 4.92 Å². The van der Waals surface area contributed by atoms with Crippen LogP contribution in [0.5, 0.6) is 0 Å². The van der Waals surface area contributed by atoms with Crippen molar-refractivity contribution in [3.8, 4) is 0 Å². The van der Waals surface area contributed by atoms with Crippen molar-refractivity contribution in [3.05, 3.63) is 64.0 Å². The van der Waals surface area contributed by atoms with Gasteiger partial charge in [-0.15, -0.1) is 0 Å². The van der Waals surface area contributed by atoms with Gasteiger partial charge in [-0.25, -0.2) is 0 Å². The number of rotatable bonds is 6. The number of hydrogen-bond donors (Lipinski definition) is 1. The smallest absolute Gasteiger partial charge is 0.310 e. The number of nitro groups is 1. The number of aromatic nitrogens is 1. The van der Waals surface area contributed by atoms with Crippen molar-refractivity contribution >= 4 is 17.3 Å². The van der Waals surface area contributed by atoms with Crippen molar-refractivity contribution in [1.82, 2.24) is 9.88 Å². The summed E-state index contributed by atoms with van der Waals surface area (Å²) in [6, 6.07) is 8.94. The van der Waals surface area contributed by atoms with Gasteiger partial charge >= 0.3 is 5.69 Å². The maximum atomic E-state index is 11.9. The Bertz CT molecular complexity index is 716. The molecule has 7 heteroatoms. The summed E-state index contributed by atoms with van der Waals surface area (Å²) >= 11 is 0. The van der Waals surface area contributed by atoms with Crippen LogP contribution in [0.15, 0.2) is 42.7 Å².